The Bertz CT molecular complexity index is 1040. The lowest BCUT2D eigenvalue weighted by atomic mass is 9.77. The van der Waals surface area contributed by atoms with E-state index < -0.39 is 0 Å². The average molecular weight is 455 g/mol. The van der Waals surface area contributed by atoms with E-state index in [0.29, 0.717) is 48.4 Å². The van der Waals surface area contributed by atoms with Crippen LogP contribution in [0, 0.1) is 11.8 Å². The molecule has 168 valence electrons. The van der Waals surface area contributed by atoms with Crippen molar-refractivity contribution in [1.82, 2.24) is 0 Å². The van der Waals surface area contributed by atoms with Gasteiger partial charge in [0, 0.05) is 36.7 Å². The molecule has 0 radical (unpaired) electrons. The van der Waals surface area contributed by atoms with E-state index in [1.54, 1.807) is 12.1 Å². The van der Waals surface area contributed by atoms with E-state index in [1.807, 2.05) is 23.1 Å². The third-order valence-electron chi connectivity index (χ3n) is 6.67. The van der Waals surface area contributed by atoms with Gasteiger partial charge in [-0.25, -0.2) is 0 Å². The molecule has 1 aliphatic carbocycles. The molecule has 1 N–H and O–H groups in total. The fraction of sp³-hybridized carbons (Fsp3) is 0.440. The van der Waals surface area contributed by atoms with Gasteiger partial charge in [-0.3, -0.25) is 9.59 Å². The summed E-state index contributed by atoms with van der Waals surface area (Å²) in [4.78, 5) is 28.7. The molecular weight excluding hydrogens is 428 g/mol. The van der Waals surface area contributed by atoms with Crippen LogP contribution in [0.5, 0.6) is 11.5 Å². The molecule has 5 rings (SSSR count). The van der Waals surface area contributed by atoms with Gasteiger partial charge in [0.2, 0.25) is 11.8 Å². The van der Waals surface area contributed by atoms with Gasteiger partial charge in [0.15, 0.2) is 11.5 Å². The van der Waals surface area contributed by atoms with E-state index in [-0.39, 0.29) is 23.7 Å². The fourth-order valence-corrected chi connectivity index (χ4v) is 5.21. The summed E-state index contributed by atoms with van der Waals surface area (Å²) in [6.07, 6.45) is 4.97. The van der Waals surface area contributed by atoms with Crippen molar-refractivity contribution in [3.05, 3.63) is 47.0 Å². The Hall–Kier alpha value is -2.73. The van der Waals surface area contributed by atoms with Gasteiger partial charge in [-0.2, -0.15) is 0 Å². The van der Waals surface area contributed by atoms with Crippen molar-refractivity contribution >= 4 is 34.8 Å². The molecule has 2 aromatic rings. The van der Waals surface area contributed by atoms with E-state index >= 15 is 0 Å². The number of nitrogens with zero attached hydrogens (tertiary/aromatic N) is 1. The predicted octanol–water partition coefficient (Wildman–Crippen LogP) is 4.84. The number of fused-ring (bicyclic) bond motifs is 2. The number of rotatable bonds is 3. The number of amides is 2. The van der Waals surface area contributed by atoms with E-state index in [1.165, 1.54) is 5.56 Å². The van der Waals surface area contributed by atoms with Gasteiger partial charge in [0.1, 0.15) is 0 Å². The maximum absolute atomic E-state index is 13.5. The molecule has 2 aliphatic heterocycles. The summed E-state index contributed by atoms with van der Waals surface area (Å²) < 4.78 is 11.4. The Morgan fingerprint density at radius 3 is 2.50 bits per heavy atom. The van der Waals surface area contributed by atoms with Crippen molar-refractivity contribution in [1.29, 1.82) is 0 Å². The minimum atomic E-state index is -0.379. The van der Waals surface area contributed by atoms with Crippen molar-refractivity contribution in [3.8, 4) is 11.5 Å². The lowest BCUT2D eigenvalue weighted by Crippen LogP contribution is -2.43. The maximum Gasteiger partial charge on any atom is 0.230 e. The van der Waals surface area contributed by atoms with Gasteiger partial charge in [-0.05, 0) is 30.9 Å². The third-order valence-corrected chi connectivity index (χ3v) is 6.98. The monoisotopic (exact) mass is 454 g/mol. The Kier molecular flexibility index (Phi) is 5.96. The van der Waals surface area contributed by atoms with Crippen LogP contribution in [0.15, 0.2) is 36.4 Å². The van der Waals surface area contributed by atoms with Crippen LogP contribution < -0.4 is 19.7 Å². The first-order chi connectivity index (χ1) is 15.6. The van der Waals surface area contributed by atoms with Crippen LogP contribution >= 0.6 is 11.6 Å². The van der Waals surface area contributed by atoms with E-state index in [2.05, 4.69) is 11.4 Å². The number of halogens is 1. The van der Waals surface area contributed by atoms with Crippen molar-refractivity contribution in [2.45, 2.75) is 38.5 Å². The highest BCUT2D eigenvalue weighted by Gasteiger charge is 2.39. The number of ether oxygens (including phenoxy) is 2. The number of para-hydroxylation sites is 1. The van der Waals surface area contributed by atoms with Crippen LogP contribution in [0.25, 0.3) is 0 Å². The van der Waals surface area contributed by atoms with Crippen LogP contribution in [0.1, 0.15) is 37.7 Å². The molecule has 6 nitrogen and oxygen atoms in total. The molecule has 0 aromatic heterocycles. The summed E-state index contributed by atoms with van der Waals surface area (Å²) in [6, 6.07) is 11.4. The van der Waals surface area contributed by atoms with Crippen LogP contribution in [0.3, 0.4) is 0 Å². The molecule has 2 amide bonds. The number of carbonyl (C=O) groups is 2. The number of benzene rings is 2. The summed E-state index contributed by atoms with van der Waals surface area (Å²) >= 11 is 6.43. The summed E-state index contributed by atoms with van der Waals surface area (Å²) in [5.74, 6) is 0.354. The van der Waals surface area contributed by atoms with E-state index in [4.69, 9.17) is 21.1 Å². The van der Waals surface area contributed by atoms with E-state index in [0.717, 1.165) is 37.8 Å². The van der Waals surface area contributed by atoms with Gasteiger partial charge in [-0.15, -0.1) is 0 Å². The minimum absolute atomic E-state index is 0.0551. The quantitative estimate of drug-likeness (QED) is 0.720. The molecule has 0 spiro atoms. The third kappa shape index (κ3) is 4.04. The second-order valence-corrected chi connectivity index (χ2v) is 9.09. The molecule has 7 heteroatoms. The van der Waals surface area contributed by atoms with Gasteiger partial charge < -0.3 is 19.7 Å². The Labute approximate surface area is 192 Å². The summed E-state index contributed by atoms with van der Waals surface area (Å²) in [5, 5.41) is 3.37. The fourth-order valence-electron chi connectivity index (χ4n) is 5.01. The number of hydrogen-bond acceptors (Lipinski definition) is 4. The molecule has 32 heavy (non-hydrogen) atoms. The average Bonchev–Trinajstić information content (AvgIpc) is 3.12. The Morgan fingerprint density at radius 2 is 1.69 bits per heavy atom. The summed E-state index contributed by atoms with van der Waals surface area (Å²) in [6.45, 7) is 1.80. The molecule has 1 saturated carbocycles. The SMILES string of the molecule is O=C(Nc1cc2c(cc1Cl)OCCCO2)C1CCCCC1C(=O)N1CCc2ccccc21. The molecule has 1 fully saturated rings. The summed E-state index contributed by atoms with van der Waals surface area (Å²) in [5.41, 5.74) is 2.66. The first-order valence-electron chi connectivity index (χ1n) is 11.4. The highest BCUT2D eigenvalue weighted by Crippen LogP contribution is 2.40. The first-order valence-corrected chi connectivity index (χ1v) is 11.8. The smallest absolute Gasteiger partial charge is 0.230 e. The molecule has 2 heterocycles. The van der Waals surface area contributed by atoms with Gasteiger partial charge >= 0.3 is 0 Å². The Balaban J connectivity index is 1.35. The van der Waals surface area contributed by atoms with Gasteiger partial charge in [-0.1, -0.05) is 42.6 Å². The molecule has 2 aromatic carbocycles. The molecule has 2 atom stereocenters. The number of hydrogen-bond donors (Lipinski definition) is 1. The molecular formula is C25H27ClN2O4. The predicted molar refractivity (Wildman–Crippen MR) is 124 cm³/mol. The largest absolute Gasteiger partial charge is 0.490 e. The zero-order valence-electron chi connectivity index (χ0n) is 17.9. The second kappa shape index (κ2) is 9.02. The molecule has 0 bridgehead atoms. The van der Waals surface area contributed by atoms with Crippen molar-refractivity contribution in [2.24, 2.45) is 11.8 Å². The zero-order valence-corrected chi connectivity index (χ0v) is 18.7. The highest BCUT2D eigenvalue weighted by atomic mass is 35.5. The van der Waals surface area contributed by atoms with Crippen LogP contribution in [0.2, 0.25) is 5.02 Å². The zero-order chi connectivity index (χ0) is 22.1. The lowest BCUT2D eigenvalue weighted by molar-refractivity contribution is -0.132. The minimum Gasteiger partial charge on any atom is -0.490 e. The number of carbonyl (C=O) groups excluding carboxylic acids is 2. The lowest BCUT2D eigenvalue weighted by Gasteiger charge is -2.32. The Morgan fingerprint density at radius 1 is 0.969 bits per heavy atom. The first kappa shape index (κ1) is 21.1. The van der Waals surface area contributed by atoms with Crippen molar-refractivity contribution < 1.29 is 19.1 Å². The van der Waals surface area contributed by atoms with Crippen LogP contribution in [0.4, 0.5) is 11.4 Å². The van der Waals surface area contributed by atoms with Gasteiger partial charge in [0.25, 0.3) is 0 Å². The topological polar surface area (TPSA) is 67.9 Å². The van der Waals surface area contributed by atoms with E-state index in [9.17, 15) is 9.59 Å². The van der Waals surface area contributed by atoms with Crippen molar-refractivity contribution in [3.63, 3.8) is 0 Å². The maximum atomic E-state index is 13.5. The second-order valence-electron chi connectivity index (χ2n) is 8.68. The van der Waals surface area contributed by atoms with Crippen LogP contribution in [-0.4, -0.2) is 31.6 Å². The molecule has 3 aliphatic rings. The van der Waals surface area contributed by atoms with Crippen LogP contribution in [-0.2, 0) is 16.0 Å². The standard InChI is InChI=1S/C25H27ClN2O4/c26-19-14-22-23(32-13-5-12-31-22)15-20(19)27-24(29)17-7-2-3-8-18(17)25(30)28-11-10-16-6-1-4-9-21(16)28/h1,4,6,9,14-15,17-18H,2-3,5,7-8,10-13H2,(H,27,29). The summed E-state index contributed by atoms with van der Waals surface area (Å²) in [7, 11) is 0. The molecule has 2 unspecified atom stereocenters. The normalized spacial score (nSPS) is 22.1. The van der Waals surface area contributed by atoms with Crippen molar-refractivity contribution in [2.75, 3.05) is 30.0 Å². The highest BCUT2D eigenvalue weighted by molar-refractivity contribution is 6.34. The number of nitrogens with one attached hydrogen (secondary N) is 1. The molecule has 0 saturated heterocycles. The number of anilines is 2. The van der Waals surface area contributed by atoms with Gasteiger partial charge in [0.05, 0.1) is 29.8 Å².